The molecule has 0 radical (unpaired) electrons. The van der Waals surface area contributed by atoms with E-state index in [-0.39, 0.29) is 17.6 Å². The van der Waals surface area contributed by atoms with E-state index in [1.165, 1.54) is 6.20 Å². The van der Waals surface area contributed by atoms with Gasteiger partial charge in [-0.2, -0.15) is 15.4 Å². The Bertz CT molecular complexity index is 583. The molecule has 1 fully saturated rings. The van der Waals surface area contributed by atoms with Crippen LogP contribution >= 0.6 is 0 Å². The fraction of sp³-hybridized carbons (Fsp3) is 0.429. The van der Waals surface area contributed by atoms with Gasteiger partial charge in [-0.3, -0.25) is 14.7 Å². The molecular formula is C14H18N6O2. The smallest absolute Gasteiger partial charge is 0.273 e. The van der Waals surface area contributed by atoms with Crippen LogP contribution in [0.5, 0.6) is 0 Å². The summed E-state index contributed by atoms with van der Waals surface area (Å²) in [5, 5.41) is 12.8. The topological polar surface area (TPSA) is 96.0 Å². The quantitative estimate of drug-likeness (QED) is 0.807. The number of aromatic amines is 1. The van der Waals surface area contributed by atoms with Gasteiger partial charge in [0.2, 0.25) is 0 Å². The van der Waals surface area contributed by atoms with Crippen molar-refractivity contribution in [3.8, 4) is 0 Å². The Labute approximate surface area is 127 Å². The first-order chi connectivity index (χ1) is 10.8. The van der Waals surface area contributed by atoms with Crippen LogP contribution in [0, 0.1) is 0 Å². The van der Waals surface area contributed by atoms with E-state index in [4.69, 9.17) is 4.74 Å². The van der Waals surface area contributed by atoms with Crippen molar-refractivity contribution in [3.05, 3.63) is 42.0 Å². The van der Waals surface area contributed by atoms with E-state index in [1.807, 2.05) is 18.3 Å². The van der Waals surface area contributed by atoms with Gasteiger partial charge in [-0.25, -0.2) is 0 Å². The molecular weight excluding hydrogens is 284 g/mol. The summed E-state index contributed by atoms with van der Waals surface area (Å²) in [6.45, 7) is 3.55. The molecule has 1 saturated heterocycles. The van der Waals surface area contributed by atoms with Crippen molar-refractivity contribution < 1.29 is 9.53 Å². The molecule has 1 aliphatic heterocycles. The molecule has 0 aliphatic carbocycles. The van der Waals surface area contributed by atoms with Crippen molar-refractivity contribution in [1.29, 1.82) is 0 Å². The molecule has 1 amide bonds. The molecule has 0 bridgehead atoms. The van der Waals surface area contributed by atoms with E-state index < -0.39 is 0 Å². The average Bonchev–Trinajstić information content (AvgIpc) is 3.11. The minimum Gasteiger partial charge on any atom is -0.379 e. The lowest BCUT2D eigenvalue weighted by atomic mass is 10.1. The number of aromatic nitrogens is 4. The van der Waals surface area contributed by atoms with E-state index in [9.17, 15) is 4.79 Å². The molecule has 0 spiro atoms. The van der Waals surface area contributed by atoms with Crippen LogP contribution in [0.3, 0.4) is 0 Å². The monoisotopic (exact) mass is 302 g/mol. The summed E-state index contributed by atoms with van der Waals surface area (Å²) in [6.07, 6.45) is 4.99. The number of hydrogen-bond donors (Lipinski definition) is 2. The summed E-state index contributed by atoms with van der Waals surface area (Å²) in [4.78, 5) is 18.5. The minimum absolute atomic E-state index is 0.0634. The summed E-state index contributed by atoms with van der Waals surface area (Å²) in [7, 11) is 0. The Morgan fingerprint density at radius 2 is 2.27 bits per heavy atom. The zero-order valence-electron chi connectivity index (χ0n) is 12.1. The van der Waals surface area contributed by atoms with E-state index in [0.717, 1.165) is 18.7 Å². The minimum atomic E-state index is -0.240. The van der Waals surface area contributed by atoms with Crippen LogP contribution in [-0.4, -0.2) is 64.0 Å². The van der Waals surface area contributed by atoms with E-state index in [1.54, 1.807) is 6.20 Å². The predicted octanol–water partition coefficient (Wildman–Crippen LogP) is 0.00300. The van der Waals surface area contributed by atoms with Crippen LogP contribution in [-0.2, 0) is 4.74 Å². The lowest BCUT2D eigenvalue weighted by Gasteiger charge is -2.34. The largest absolute Gasteiger partial charge is 0.379 e. The number of pyridine rings is 1. The fourth-order valence-electron chi connectivity index (χ4n) is 2.51. The third-order valence-corrected chi connectivity index (χ3v) is 3.66. The van der Waals surface area contributed by atoms with Crippen molar-refractivity contribution >= 4 is 5.91 Å². The van der Waals surface area contributed by atoms with Crippen LogP contribution in [0.4, 0.5) is 0 Å². The molecule has 1 atom stereocenters. The highest BCUT2D eigenvalue weighted by Gasteiger charge is 2.23. The Hall–Kier alpha value is -2.32. The number of carbonyl (C=O) groups is 1. The van der Waals surface area contributed by atoms with Crippen molar-refractivity contribution in [2.45, 2.75) is 6.04 Å². The van der Waals surface area contributed by atoms with Crippen LogP contribution in [0.15, 0.2) is 30.7 Å². The van der Waals surface area contributed by atoms with Crippen LogP contribution in [0.1, 0.15) is 22.1 Å². The molecule has 8 heteroatoms. The van der Waals surface area contributed by atoms with Gasteiger partial charge in [0.25, 0.3) is 5.91 Å². The second-order valence-corrected chi connectivity index (χ2v) is 5.02. The summed E-state index contributed by atoms with van der Waals surface area (Å²) in [6, 6.07) is 3.99. The molecule has 0 saturated carbocycles. The first-order valence-corrected chi connectivity index (χ1v) is 7.20. The second kappa shape index (κ2) is 7.10. The number of hydrogen-bond acceptors (Lipinski definition) is 6. The first kappa shape index (κ1) is 14.6. The number of rotatable bonds is 5. The van der Waals surface area contributed by atoms with Crippen molar-refractivity contribution in [1.82, 2.24) is 30.6 Å². The van der Waals surface area contributed by atoms with Crippen LogP contribution < -0.4 is 5.32 Å². The fourth-order valence-corrected chi connectivity index (χ4v) is 2.51. The van der Waals surface area contributed by atoms with Crippen LogP contribution in [0.2, 0.25) is 0 Å². The van der Waals surface area contributed by atoms with Gasteiger partial charge < -0.3 is 10.1 Å². The molecule has 0 aromatic carbocycles. The number of nitrogens with zero attached hydrogens (tertiary/aromatic N) is 4. The summed E-state index contributed by atoms with van der Waals surface area (Å²) < 4.78 is 5.40. The van der Waals surface area contributed by atoms with Gasteiger partial charge >= 0.3 is 0 Å². The molecule has 0 unspecified atom stereocenters. The summed E-state index contributed by atoms with van der Waals surface area (Å²) in [5.74, 6) is -0.240. The van der Waals surface area contributed by atoms with Gasteiger partial charge in [0, 0.05) is 32.0 Å². The third kappa shape index (κ3) is 3.46. The number of amides is 1. The number of carbonyl (C=O) groups excluding carboxylic acids is 1. The molecule has 2 aromatic heterocycles. The zero-order valence-corrected chi connectivity index (χ0v) is 12.1. The SMILES string of the molecule is O=C(NC[C@@H](c1cccnc1)N1CCOCC1)c1cn[nH]n1. The van der Waals surface area contributed by atoms with E-state index in [0.29, 0.717) is 19.8 Å². The highest BCUT2D eigenvalue weighted by molar-refractivity contribution is 5.91. The highest BCUT2D eigenvalue weighted by Crippen LogP contribution is 2.20. The lowest BCUT2D eigenvalue weighted by molar-refractivity contribution is 0.0161. The maximum atomic E-state index is 12.0. The predicted molar refractivity (Wildman–Crippen MR) is 78.1 cm³/mol. The van der Waals surface area contributed by atoms with Crippen molar-refractivity contribution in [2.24, 2.45) is 0 Å². The average molecular weight is 302 g/mol. The van der Waals surface area contributed by atoms with Gasteiger partial charge in [0.05, 0.1) is 25.5 Å². The molecule has 3 heterocycles. The van der Waals surface area contributed by atoms with Gasteiger partial charge in [0.1, 0.15) is 0 Å². The summed E-state index contributed by atoms with van der Waals surface area (Å²) >= 11 is 0. The van der Waals surface area contributed by atoms with Gasteiger partial charge in [0.15, 0.2) is 5.69 Å². The molecule has 3 rings (SSSR count). The number of H-pyrrole nitrogens is 1. The number of ether oxygens (including phenoxy) is 1. The molecule has 22 heavy (non-hydrogen) atoms. The molecule has 2 N–H and O–H groups in total. The standard InChI is InChI=1S/C14H18N6O2/c21-14(12-9-17-19-18-12)16-10-13(11-2-1-3-15-8-11)20-4-6-22-7-5-20/h1-3,8-9,13H,4-7,10H2,(H,16,21)(H,17,18,19)/t13-/m0/s1. The van der Waals surface area contributed by atoms with Gasteiger partial charge in [-0.05, 0) is 11.6 Å². The maximum Gasteiger partial charge on any atom is 0.273 e. The third-order valence-electron chi connectivity index (χ3n) is 3.66. The maximum absolute atomic E-state index is 12.0. The zero-order chi connectivity index (χ0) is 15.2. The van der Waals surface area contributed by atoms with E-state index >= 15 is 0 Å². The molecule has 116 valence electrons. The Balaban J connectivity index is 1.69. The lowest BCUT2D eigenvalue weighted by Crippen LogP contribution is -2.43. The summed E-state index contributed by atoms with van der Waals surface area (Å²) in [5.41, 5.74) is 1.36. The first-order valence-electron chi connectivity index (χ1n) is 7.20. The van der Waals surface area contributed by atoms with Crippen molar-refractivity contribution in [3.63, 3.8) is 0 Å². The highest BCUT2D eigenvalue weighted by atomic mass is 16.5. The normalized spacial score (nSPS) is 17.1. The molecule has 8 nitrogen and oxygen atoms in total. The van der Waals surface area contributed by atoms with Gasteiger partial charge in [-0.15, -0.1) is 0 Å². The molecule has 1 aliphatic rings. The number of nitrogens with one attached hydrogen (secondary N) is 2. The Kier molecular flexibility index (Phi) is 4.71. The Morgan fingerprint density at radius 1 is 1.41 bits per heavy atom. The second-order valence-electron chi connectivity index (χ2n) is 5.02. The number of morpholine rings is 1. The van der Waals surface area contributed by atoms with E-state index in [2.05, 4.69) is 30.6 Å². The molecule has 2 aromatic rings. The van der Waals surface area contributed by atoms with Gasteiger partial charge in [-0.1, -0.05) is 6.07 Å². The van der Waals surface area contributed by atoms with Crippen molar-refractivity contribution in [2.75, 3.05) is 32.8 Å². The Morgan fingerprint density at radius 3 is 2.95 bits per heavy atom. The van der Waals surface area contributed by atoms with Crippen LogP contribution in [0.25, 0.3) is 0 Å².